The van der Waals surface area contributed by atoms with Gasteiger partial charge in [0, 0.05) is 23.2 Å². The van der Waals surface area contributed by atoms with Crippen molar-refractivity contribution < 1.29 is 19.2 Å². The molecule has 0 bridgehead atoms. The van der Waals surface area contributed by atoms with Crippen LogP contribution in [0.1, 0.15) is 39.5 Å². The molecule has 1 saturated carbocycles. The number of nitrogens with zero attached hydrogens (tertiary/aromatic N) is 1. The summed E-state index contributed by atoms with van der Waals surface area (Å²) in [5.41, 5.74) is 0.911. The molecule has 4 rings (SSSR count). The number of esters is 1. The lowest BCUT2D eigenvalue weighted by Gasteiger charge is -2.27. The fraction of sp³-hybridized carbons (Fsp3) is 0.812. The second-order valence-corrected chi connectivity index (χ2v) is 7.41. The van der Waals surface area contributed by atoms with Gasteiger partial charge in [0.1, 0.15) is 11.7 Å². The Kier molecular flexibility index (Phi) is 2.78. The maximum atomic E-state index is 12.3. The summed E-state index contributed by atoms with van der Waals surface area (Å²) in [5, 5.41) is 10.7. The summed E-state index contributed by atoms with van der Waals surface area (Å²) in [6.07, 6.45) is 4.95. The maximum absolute atomic E-state index is 12.3. The fourth-order valence-electron chi connectivity index (χ4n) is 5.16. The van der Waals surface area contributed by atoms with Gasteiger partial charge in [-0.2, -0.15) is 0 Å². The summed E-state index contributed by atoms with van der Waals surface area (Å²) in [6.45, 7) is 4.07. The molecule has 120 valence electrons. The van der Waals surface area contributed by atoms with Crippen molar-refractivity contribution in [2.24, 2.45) is 17.8 Å². The molecule has 0 unspecified atom stereocenters. The van der Waals surface area contributed by atoms with Gasteiger partial charge in [-0.25, -0.2) is 0 Å². The number of nitro groups is 1. The Morgan fingerprint density at radius 2 is 2.27 bits per heavy atom. The summed E-state index contributed by atoms with van der Waals surface area (Å²) < 4.78 is 11.9. The Bertz CT molecular complexity index is 587. The van der Waals surface area contributed by atoms with Crippen molar-refractivity contribution in [3.63, 3.8) is 0 Å². The van der Waals surface area contributed by atoms with Crippen LogP contribution in [0.15, 0.2) is 11.6 Å². The molecule has 22 heavy (non-hydrogen) atoms. The molecule has 1 spiro atoms. The predicted molar refractivity (Wildman–Crippen MR) is 76.7 cm³/mol. The minimum atomic E-state index is -0.346. The van der Waals surface area contributed by atoms with Crippen LogP contribution in [0, 0.1) is 27.9 Å². The molecule has 4 aliphatic rings. The van der Waals surface area contributed by atoms with E-state index < -0.39 is 0 Å². The summed E-state index contributed by atoms with van der Waals surface area (Å²) in [4.78, 5) is 22.6. The molecular weight excluding hydrogens is 286 g/mol. The SMILES string of the molecule is CC1=CC[C@]23O[C@@]2(C)CC[C@@H]2[C@H](OC(=O)[C@H]2CC[N+](=O)[O-])[C@@H]13. The van der Waals surface area contributed by atoms with Gasteiger partial charge in [0.15, 0.2) is 0 Å². The van der Waals surface area contributed by atoms with Crippen LogP contribution in [0.2, 0.25) is 0 Å². The van der Waals surface area contributed by atoms with E-state index in [-0.39, 0.29) is 58.9 Å². The third-order valence-electron chi connectivity index (χ3n) is 6.38. The van der Waals surface area contributed by atoms with Gasteiger partial charge in [-0.15, -0.1) is 0 Å². The summed E-state index contributed by atoms with van der Waals surface area (Å²) in [7, 11) is 0. The minimum Gasteiger partial charge on any atom is -0.461 e. The van der Waals surface area contributed by atoms with Crippen LogP contribution < -0.4 is 0 Å². The molecule has 3 fully saturated rings. The van der Waals surface area contributed by atoms with Gasteiger partial charge >= 0.3 is 5.97 Å². The zero-order chi connectivity index (χ0) is 15.7. The summed E-state index contributed by atoms with van der Waals surface area (Å²) >= 11 is 0. The number of carbonyl (C=O) groups excluding carboxylic acids is 1. The van der Waals surface area contributed by atoms with E-state index in [1.165, 1.54) is 5.57 Å². The number of rotatable bonds is 3. The van der Waals surface area contributed by atoms with Crippen LogP contribution in [0.4, 0.5) is 0 Å². The average molecular weight is 307 g/mol. The topological polar surface area (TPSA) is 82.0 Å². The lowest BCUT2D eigenvalue weighted by molar-refractivity contribution is -0.481. The molecule has 2 aliphatic carbocycles. The molecule has 0 aromatic heterocycles. The monoisotopic (exact) mass is 307 g/mol. The van der Waals surface area contributed by atoms with Crippen molar-refractivity contribution in [2.75, 3.05) is 6.54 Å². The van der Waals surface area contributed by atoms with Gasteiger partial charge < -0.3 is 9.47 Å². The first-order chi connectivity index (χ1) is 10.4. The first-order valence-electron chi connectivity index (χ1n) is 8.07. The molecular formula is C16H21NO5. The smallest absolute Gasteiger partial charge is 0.309 e. The van der Waals surface area contributed by atoms with Crippen LogP contribution in [0.25, 0.3) is 0 Å². The highest BCUT2D eigenvalue weighted by molar-refractivity contribution is 5.75. The number of hydrogen-bond donors (Lipinski definition) is 0. The zero-order valence-corrected chi connectivity index (χ0v) is 12.9. The molecule has 2 heterocycles. The second-order valence-electron chi connectivity index (χ2n) is 7.41. The van der Waals surface area contributed by atoms with Gasteiger partial charge in [-0.1, -0.05) is 11.6 Å². The first kappa shape index (κ1) is 14.2. The minimum absolute atomic E-state index is 0.0870. The van der Waals surface area contributed by atoms with Crippen LogP contribution in [-0.2, 0) is 14.3 Å². The van der Waals surface area contributed by atoms with E-state index >= 15 is 0 Å². The molecule has 2 aliphatic heterocycles. The van der Waals surface area contributed by atoms with Gasteiger partial charge in [0.25, 0.3) is 0 Å². The third-order valence-corrected chi connectivity index (χ3v) is 6.38. The molecule has 0 radical (unpaired) electrons. The van der Waals surface area contributed by atoms with Crippen molar-refractivity contribution in [1.82, 2.24) is 0 Å². The Balaban J connectivity index is 1.63. The highest BCUT2D eigenvalue weighted by atomic mass is 16.6. The lowest BCUT2D eigenvalue weighted by atomic mass is 9.76. The quantitative estimate of drug-likeness (QED) is 0.262. The fourth-order valence-corrected chi connectivity index (χ4v) is 5.16. The van der Waals surface area contributed by atoms with E-state index in [1.54, 1.807) is 0 Å². The van der Waals surface area contributed by atoms with Gasteiger partial charge in [-0.05, 0) is 33.1 Å². The van der Waals surface area contributed by atoms with Crippen LogP contribution in [0.3, 0.4) is 0 Å². The maximum Gasteiger partial charge on any atom is 0.309 e. The standard InChI is InChI=1S/C16H21NO5/c1-9-3-7-16-12(9)13-10(4-6-15(16,2)22-16)11(14(18)21-13)5-8-17(19)20/h3,10-13H,4-8H2,1-2H3/t10-,11-,12+,13-,15-,16+/m0/s1. The van der Waals surface area contributed by atoms with E-state index in [4.69, 9.17) is 9.47 Å². The molecule has 6 heteroatoms. The van der Waals surface area contributed by atoms with Crippen LogP contribution >= 0.6 is 0 Å². The Morgan fingerprint density at radius 3 is 3.00 bits per heavy atom. The van der Waals surface area contributed by atoms with E-state index in [0.717, 1.165) is 19.3 Å². The average Bonchev–Trinajstić information content (AvgIpc) is 2.73. The number of hydrogen-bond acceptors (Lipinski definition) is 5. The molecule has 6 nitrogen and oxygen atoms in total. The van der Waals surface area contributed by atoms with Crippen molar-refractivity contribution >= 4 is 5.97 Å². The summed E-state index contributed by atoms with van der Waals surface area (Å²) in [5.74, 6) is -0.378. The highest BCUT2D eigenvalue weighted by Crippen LogP contribution is 2.67. The van der Waals surface area contributed by atoms with Gasteiger partial charge in [-0.3, -0.25) is 14.9 Å². The normalized spacial score (nSPS) is 48.6. The third kappa shape index (κ3) is 1.67. The lowest BCUT2D eigenvalue weighted by Crippen LogP contribution is -2.37. The zero-order valence-electron chi connectivity index (χ0n) is 12.9. The predicted octanol–water partition coefficient (Wildman–Crippen LogP) is 2.10. The Labute approximate surface area is 129 Å². The van der Waals surface area contributed by atoms with Crippen LogP contribution in [0.5, 0.6) is 0 Å². The van der Waals surface area contributed by atoms with E-state index in [9.17, 15) is 14.9 Å². The van der Waals surface area contributed by atoms with Crippen molar-refractivity contribution in [1.29, 1.82) is 0 Å². The molecule has 2 saturated heterocycles. The van der Waals surface area contributed by atoms with E-state index in [0.29, 0.717) is 0 Å². The highest BCUT2D eigenvalue weighted by Gasteiger charge is 2.75. The number of carbonyl (C=O) groups is 1. The van der Waals surface area contributed by atoms with Crippen molar-refractivity contribution in [2.45, 2.75) is 56.8 Å². The van der Waals surface area contributed by atoms with Crippen molar-refractivity contribution in [3.8, 4) is 0 Å². The van der Waals surface area contributed by atoms with E-state index in [2.05, 4.69) is 19.9 Å². The molecule has 0 amide bonds. The van der Waals surface area contributed by atoms with E-state index in [1.807, 2.05) is 0 Å². The largest absolute Gasteiger partial charge is 0.461 e. The number of ether oxygens (including phenoxy) is 2. The summed E-state index contributed by atoms with van der Waals surface area (Å²) in [6, 6.07) is 0. The van der Waals surface area contributed by atoms with Gasteiger partial charge in [0.2, 0.25) is 6.54 Å². The Morgan fingerprint density at radius 1 is 1.50 bits per heavy atom. The molecule has 0 aromatic carbocycles. The molecule has 0 aromatic rings. The van der Waals surface area contributed by atoms with Gasteiger partial charge in [0.05, 0.1) is 11.5 Å². The van der Waals surface area contributed by atoms with Crippen LogP contribution in [-0.4, -0.2) is 34.7 Å². The Hall–Kier alpha value is -1.43. The molecule has 0 N–H and O–H groups in total. The molecule has 6 atom stereocenters. The van der Waals surface area contributed by atoms with Crippen molar-refractivity contribution in [3.05, 3.63) is 21.8 Å². The first-order valence-corrected chi connectivity index (χ1v) is 8.07. The second kappa shape index (κ2) is 4.31. The number of fused-ring (bicyclic) bond motifs is 2. The number of epoxide rings is 1.